The molecule has 0 atom stereocenters. The molecule has 8 heteroatoms. The molecule has 1 aromatic carbocycles. The van der Waals surface area contributed by atoms with Gasteiger partial charge in [0.1, 0.15) is 12.3 Å². The maximum Gasteiger partial charge on any atom is 0.246 e. The number of ether oxygens (including phenoxy) is 1. The first-order valence-corrected chi connectivity index (χ1v) is 6.04. The van der Waals surface area contributed by atoms with Crippen molar-refractivity contribution in [2.75, 3.05) is 12.4 Å². The van der Waals surface area contributed by atoms with E-state index in [1.165, 1.54) is 4.68 Å². The number of carbonyl (C=O) groups is 1. The minimum atomic E-state index is -0.284. The highest BCUT2D eigenvalue weighted by Gasteiger charge is 2.10. The normalized spacial score (nSPS) is 10.3. The number of benzene rings is 1. The van der Waals surface area contributed by atoms with E-state index in [1.807, 2.05) is 0 Å². The van der Waals surface area contributed by atoms with Crippen molar-refractivity contribution in [1.82, 2.24) is 14.8 Å². The van der Waals surface area contributed by atoms with Gasteiger partial charge >= 0.3 is 0 Å². The zero-order valence-corrected chi connectivity index (χ0v) is 11.4. The molecule has 0 spiro atoms. The lowest BCUT2D eigenvalue weighted by Crippen LogP contribution is -2.19. The summed E-state index contributed by atoms with van der Waals surface area (Å²) in [7, 11) is 1.57. The summed E-state index contributed by atoms with van der Waals surface area (Å²) < 4.78 is 6.23. The Morgan fingerprint density at radius 2 is 2.05 bits per heavy atom. The average Bonchev–Trinajstić information content (AvgIpc) is 2.68. The molecule has 0 aliphatic rings. The highest BCUT2D eigenvalue weighted by atomic mass is 35.5. The van der Waals surface area contributed by atoms with Gasteiger partial charge in [0.15, 0.2) is 0 Å². The molecule has 1 aromatic heterocycles. The summed E-state index contributed by atoms with van der Waals surface area (Å²) in [5.74, 6) is 0.428. The Balaban J connectivity index is 1.99. The first kappa shape index (κ1) is 13.6. The maximum atomic E-state index is 11.8. The smallest absolute Gasteiger partial charge is 0.246 e. The molecule has 0 bridgehead atoms. The minimum Gasteiger partial charge on any atom is -0.497 e. The Labute approximate surface area is 119 Å². The molecule has 6 nitrogen and oxygen atoms in total. The summed E-state index contributed by atoms with van der Waals surface area (Å²) in [6.45, 7) is -0.0649. The lowest BCUT2D eigenvalue weighted by atomic mass is 10.3. The summed E-state index contributed by atoms with van der Waals surface area (Å²) in [5.41, 5.74) is 0.646. The van der Waals surface area contributed by atoms with Crippen LogP contribution in [-0.2, 0) is 11.3 Å². The van der Waals surface area contributed by atoms with Crippen LogP contribution in [0, 0.1) is 0 Å². The van der Waals surface area contributed by atoms with Crippen molar-refractivity contribution >= 4 is 34.8 Å². The number of hydrogen-bond donors (Lipinski definition) is 1. The number of methoxy groups -OCH3 is 1. The fourth-order valence-electron chi connectivity index (χ4n) is 1.41. The van der Waals surface area contributed by atoms with Gasteiger partial charge < -0.3 is 10.1 Å². The second kappa shape index (κ2) is 5.90. The van der Waals surface area contributed by atoms with Crippen LogP contribution in [0.5, 0.6) is 5.75 Å². The highest BCUT2D eigenvalue weighted by molar-refractivity contribution is 6.31. The number of anilines is 1. The predicted octanol–water partition coefficient (Wildman–Crippen LogP) is 2.23. The molecule has 19 heavy (non-hydrogen) atoms. The third kappa shape index (κ3) is 3.59. The number of aromatic nitrogens is 3. The molecule has 0 fully saturated rings. The third-order valence-corrected chi connectivity index (χ3v) is 2.71. The van der Waals surface area contributed by atoms with Crippen molar-refractivity contribution in [2.45, 2.75) is 6.54 Å². The molecule has 2 aromatic rings. The predicted molar refractivity (Wildman–Crippen MR) is 71.7 cm³/mol. The van der Waals surface area contributed by atoms with Crippen LogP contribution in [0.15, 0.2) is 24.3 Å². The number of rotatable bonds is 4. The van der Waals surface area contributed by atoms with Crippen molar-refractivity contribution < 1.29 is 9.53 Å². The van der Waals surface area contributed by atoms with Crippen LogP contribution >= 0.6 is 23.2 Å². The average molecular weight is 301 g/mol. The molecule has 0 radical (unpaired) electrons. The van der Waals surface area contributed by atoms with E-state index >= 15 is 0 Å². The number of nitrogens with one attached hydrogen (secondary N) is 1. The first-order chi connectivity index (χ1) is 9.08. The second-order valence-corrected chi connectivity index (χ2v) is 4.26. The number of nitrogens with zero attached hydrogens (tertiary/aromatic N) is 3. The molecule has 1 amide bonds. The maximum absolute atomic E-state index is 11.8. The van der Waals surface area contributed by atoms with E-state index in [4.69, 9.17) is 27.9 Å². The van der Waals surface area contributed by atoms with E-state index in [1.54, 1.807) is 31.4 Å². The van der Waals surface area contributed by atoms with Gasteiger partial charge in [0, 0.05) is 5.69 Å². The first-order valence-electron chi connectivity index (χ1n) is 5.28. The van der Waals surface area contributed by atoms with Crippen LogP contribution < -0.4 is 10.1 Å². The topological polar surface area (TPSA) is 69.0 Å². The fourth-order valence-corrected chi connectivity index (χ4v) is 1.80. The molecule has 1 heterocycles. The van der Waals surface area contributed by atoms with Crippen molar-refractivity contribution in [1.29, 1.82) is 0 Å². The van der Waals surface area contributed by atoms with Gasteiger partial charge in [-0.25, -0.2) is 4.68 Å². The van der Waals surface area contributed by atoms with Crippen LogP contribution in [0.3, 0.4) is 0 Å². The fraction of sp³-hybridized carbons (Fsp3) is 0.182. The summed E-state index contributed by atoms with van der Waals surface area (Å²) in [6.07, 6.45) is 0. The van der Waals surface area contributed by atoms with E-state index in [0.29, 0.717) is 11.4 Å². The number of carbonyl (C=O) groups excluding carboxylic acids is 1. The Morgan fingerprint density at radius 3 is 2.58 bits per heavy atom. The van der Waals surface area contributed by atoms with Gasteiger partial charge in [-0.3, -0.25) is 4.79 Å². The highest BCUT2D eigenvalue weighted by Crippen LogP contribution is 2.15. The number of amides is 1. The largest absolute Gasteiger partial charge is 0.497 e. The van der Waals surface area contributed by atoms with Gasteiger partial charge in [-0.2, -0.15) is 4.98 Å². The molecule has 100 valence electrons. The zero-order valence-electron chi connectivity index (χ0n) is 9.93. The van der Waals surface area contributed by atoms with Gasteiger partial charge in [0.05, 0.1) is 7.11 Å². The van der Waals surface area contributed by atoms with Crippen molar-refractivity contribution in [3.05, 3.63) is 34.8 Å². The van der Waals surface area contributed by atoms with Crippen molar-refractivity contribution in [3.63, 3.8) is 0 Å². The van der Waals surface area contributed by atoms with Gasteiger partial charge in [-0.05, 0) is 47.5 Å². The molecule has 1 N–H and O–H groups in total. The Kier molecular flexibility index (Phi) is 4.24. The molecular formula is C11H10Cl2N4O2. The van der Waals surface area contributed by atoms with Crippen LogP contribution in [-0.4, -0.2) is 27.8 Å². The SMILES string of the molecule is COc1ccc(NC(=O)Cn2nc(Cl)nc2Cl)cc1. The van der Waals surface area contributed by atoms with Crippen molar-refractivity contribution in [2.24, 2.45) is 0 Å². The van der Waals surface area contributed by atoms with E-state index in [-0.39, 0.29) is 23.0 Å². The molecular weight excluding hydrogens is 291 g/mol. The summed E-state index contributed by atoms with van der Waals surface area (Å²) in [6, 6.07) is 6.95. The lowest BCUT2D eigenvalue weighted by Gasteiger charge is -2.06. The molecule has 0 saturated carbocycles. The number of hydrogen-bond acceptors (Lipinski definition) is 4. The molecule has 0 saturated heterocycles. The molecule has 0 aliphatic heterocycles. The van der Waals surface area contributed by atoms with Crippen LogP contribution in [0.4, 0.5) is 5.69 Å². The van der Waals surface area contributed by atoms with Crippen LogP contribution in [0.1, 0.15) is 0 Å². The van der Waals surface area contributed by atoms with Gasteiger partial charge in [-0.15, -0.1) is 5.10 Å². The monoisotopic (exact) mass is 300 g/mol. The lowest BCUT2D eigenvalue weighted by molar-refractivity contribution is -0.116. The second-order valence-electron chi connectivity index (χ2n) is 3.58. The van der Waals surface area contributed by atoms with E-state index in [2.05, 4.69) is 15.4 Å². The third-order valence-electron chi connectivity index (χ3n) is 2.27. The summed E-state index contributed by atoms with van der Waals surface area (Å²) >= 11 is 11.3. The Hall–Kier alpha value is -1.79. The standard InChI is InChI=1S/C11H10Cl2N4O2/c1-19-8-4-2-7(3-5-8)14-9(18)6-17-11(13)15-10(12)16-17/h2-5H,6H2,1H3,(H,14,18). The van der Waals surface area contributed by atoms with E-state index in [9.17, 15) is 4.79 Å². The quantitative estimate of drug-likeness (QED) is 0.940. The van der Waals surface area contributed by atoms with Gasteiger partial charge in [0.2, 0.25) is 16.5 Å². The summed E-state index contributed by atoms with van der Waals surface area (Å²) in [5, 5.41) is 6.54. The van der Waals surface area contributed by atoms with Crippen molar-refractivity contribution in [3.8, 4) is 5.75 Å². The molecule has 0 unspecified atom stereocenters. The van der Waals surface area contributed by atoms with Gasteiger partial charge in [0.25, 0.3) is 0 Å². The minimum absolute atomic E-state index is 0.00208. The van der Waals surface area contributed by atoms with Gasteiger partial charge in [-0.1, -0.05) is 0 Å². The Bertz CT molecular complexity index is 583. The van der Waals surface area contributed by atoms with E-state index < -0.39 is 0 Å². The summed E-state index contributed by atoms with van der Waals surface area (Å²) in [4.78, 5) is 15.4. The zero-order chi connectivity index (χ0) is 13.8. The van der Waals surface area contributed by atoms with Crippen LogP contribution in [0.25, 0.3) is 0 Å². The molecule has 2 rings (SSSR count). The molecule has 0 aliphatic carbocycles. The van der Waals surface area contributed by atoms with E-state index in [0.717, 1.165) is 0 Å². The van der Waals surface area contributed by atoms with Crippen LogP contribution in [0.2, 0.25) is 10.6 Å². The number of halogens is 2. The Morgan fingerprint density at radius 1 is 1.37 bits per heavy atom.